The molecule has 7 heteroatoms. The summed E-state index contributed by atoms with van der Waals surface area (Å²) in [7, 11) is 0. The van der Waals surface area contributed by atoms with Gasteiger partial charge in [-0.3, -0.25) is 9.78 Å². The van der Waals surface area contributed by atoms with Crippen LogP contribution in [0.5, 0.6) is 0 Å². The lowest BCUT2D eigenvalue weighted by Crippen LogP contribution is -2.11. The first-order chi connectivity index (χ1) is 10.8. The summed E-state index contributed by atoms with van der Waals surface area (Å²) in [5.74, 6) is 0.184. The fourth-order valence-corrected chi connectivity index (χ4v) is 2.15. The molecule has 3 rings (SSSR count). The van der Waals surface area contributed by atoms with Crippen LogP contribution in [0, 0.1) is 0 Å². The molecule has 3 aromatic heterocycles. The fraction of sp³-hybridized carbons (Fsp3) is 0.0667. The Morgan fingerprint density at radius 2 is 2.18 bits per heavy atom. The number of anilines is 1. The summed E-state index contributed by atoms with van der Waals surface area (Å²) in [6.45, 7) is 0. The zero-order chi connectivity index (χ0) is 15.4. The Morgan fingerprint density at radius 3 is 2.86 bits per heavy atom. The number of aromatic nitrogens is 3. The molecule has 0 unspecified atom stereocenters. The predicted octanol–water partition coefficient (Wildman–Crippen LogP) is 3.11. The van der Waals surface area contributed by atoms with Gasteiger partial charge in [0.1, 0.15) is 11.5 Å². The maximum Gasteiger partial charge on any atom is 0.295 e. The van der Waals surface area contributed by atoms with E-state index in [1.165, 1.54) is 0 Å². The lowest BCUT2D eigenvalue weighted by atomic mass is 10.2. The highest BCUT2D eigenvalue weighted by Crippen LogP contribution is 2.19. The Balaban J connectivity index is 1.74. The van der Waals surface area contributed by atoms with Crippen molar-refractivity contribution in [3.8, 4) is 11.3 Å². The first-order valence-electron chi connectivity index (χ1n) is 6.45. The SMILES string of the molecule is CSc1ccc(NC(=O)c2cc(-c3cccnc3)no2)nc1. The molecule has 3 heterocycles. The fourth-order valence-electron chi connectivity index (χ4n) is 1.79. The Hall–Kier alpha value is -2.67. The topological polar surface area (TPSA) is 80.9 Å². The van der Waals surface area contributed by atoms with Crippen molar-refractivity contribution in [2.75, 3.05) is 11.6 Å². The molecule has 0 bridgehead atoms. The molecule has 0 aliphatic carbocycles. The number of thioether (sulfide) groups is 1. The van der Waals surface area contributed by atoms with Crippen LogP contribution >= 0.6 is 11.8 Å². The third kappa shape index (κ3) is 3.15. The highest BCUT2D eigenvalue weighted by atomic mass is 32.2. The Bertz CT molecular complexity index is 772. The van der Waals surface area contributed by atoms with Crippen LogP contribution in [0.2, 0.25) is 0 Å². The van der Waals surface area contributed by atoms with E-state index in [1.54, 1.807) is 48.6 Å². The van der Waals surface area contributed by atoms with Crippen LogP contribution < -0.4 is 5.32 Å². The summed E-state index contributed by atoms with van der Waals surface area (Å²) >= 11 is 1.58. The van der Waals surface area contributed by atoms with Crippen LogP contribution in [0.3, 0.4) is 0 Å². The van der Waals surface area contributed by atoms with Gasteiger partial charge in [0.25, 0.3) is 5.91 Å². The van der Waals surface area contributed by atoms with Crippen molar-refractivity contribution in [1.82, 2.24) is 15.1 Å². The molecule has 110 valence electrons. The second-order valence-electron chi connectivity index (χ2n) is 4.36. The van der Waals surface area contributed by atoms with E-state index in [-0.39, 0.29) is 5.76 Å². The van der Waals surface area contributed by atoms with Gasteiger partial charge in [-0.1, -0.05) is 5.16 Å². The molecular formula is C15H12N4O2S. The third-order valence-electron chi connectivity index (χ3n) is 2.90. The first-order valence-corrected chi connectivity index (χ1v) is 7.67. The molecule has 6 nitrogen and oxygen atoms in total. The van der Waals surface area contributed by atoms with Crippen LogP contribution in [-0.2, 0) is 0 Å². The number of pyridine rings is 2. The zero-order valence-corrected chi connectivity index (χ0v) is 12.5. The Kier molecular flexibility index (Phi) is 4.15. The van der Waals surface area contributed by atoms with E-state index in [9.17, 15) is 4.79 Å². The molecule has 0 saturated carbocycles. The van der Waals surface area contributed by atoms with Gasteiger partial charge in [0.15, 0.2) is 0 Å². The van der Waals surface area contributed by atoms with Crippen LogP contribution in [0.4, 0.5) is 5.82 Å². The van der Waals surface area contributed by atoms with Crippen LogP contribution in [0.1, 0.15) is 10.6 Å². The van der Waals surface area contributed by atoms with Crippen molar-refractivity contribution in [2.24, 2.45) is 0 Å². The standard InChI is InChI=1S/C15H12N4O2S/c1-22-11-4-5-14(17-9-11)18-15(20)13-7-12(19-21-13)10-3-2-6-16-8-10/h2-9H,1H3,(H,17,18,20). The summed E-state index contributed by atoms with van der Waals surface area (Å²) < 4.78 is 5.08. The zero-order valence-electron chi connectivity index (χ0n) is 11.7. The molecule has 0 spiro atoms. The van der Waals surface area contributed by atoms with Gasteiger partial charge in [-0.2, -0.15) is 0 Å². The summed E-state index contributed by atoms with van der Waals surface area (Å²) in [5, 5.41) is 6.54. The number of carbonyl (C=O) groups excluding carboxylic acids is 1. The Labute approximate surface area is 131 Å². The average Bonchev–Trinajstić information content (AvgIpc) is 3.06. The Morgan fingerprint density at radius 1 is 1.27 bits per heavy atom. The van der Waals surface area contributed by atoms with Gasteiger partial charge in [-0.05, 0) is 30.5 Å². The molecule has 3 aromatic rings. The predicted molar refractivity (Wildman–Crippen MR) is 83.7 cm³/mol. The largest absolute Gasteiger partial charge is 0.350 e. The van der Waals surface area contributed by atoms with E-state index in [0.717, 1.165) is 10.5 Å². The van der Waals surface area contributed by atoms with E-state index in [1.807, 2.05) is 18.4 Å². The minimum atomic E-state index is -0.396. The number of rotatable bonds is 4. The number of hydrogen-bond donors (Lipinski definition) is 1. The minimum Gasteiger partial charge on any atom is -0.350 e. The summed E-state index contributed by atoms with van der Waals surface area (Å²) in [6, 6.07) is 8.83. The summed E-state index contributed by atoms with van der Waals surface area (Å²) in [6.07, 6.45) is 6.98. The summed E-state index contributed by atoms with van der Waals surface area (Å²) in [5.41, 5.74) is 1.34. The molecule has 0 aliphatic rings. The van der Waals surface area contributed by atoms with Crippen molar-refractivity contribution in [2.45, 2.75) is 4.90 Å². The highest BCUT2D eigenvalue weighted by molar-refractivity contribution is 7.98. The number of carbonyl (C=O) groups is 1. The van der Waals surface area contributed by atoms with Gasteiger partial charge < -0.3 is 9.84 Å². The van der Waals surface area contributed by atoms with Gasteiger partial charge >= 0.3 is 0 Å². The first kappa shape index (κ1) is 14.3. The molecule has 0 fully saturated rings. The number of nitrogens with zero attached hydrogens (tertiary/aromatic N) is 3. The quantitative estimate of drug-likeness (QED) is 0.746. The van der Waals surface area contributed by atoms with Gasteiger partial charge in [0.2, 0.25) is 5.76 Å². The molecule has 0 atom stereocenters. The average molecular weight is 312 g/mol. The second kappa shape index (κ2) is 6.40. The minimum absolute atomic E-state index is 0.120. The van der Waals surface area contributed by atoms with E-state index in [2.05, 4.69) is 20.4 Å². The van der Waals surface area contributed by atoms with E-state index in [4.69, 9.17) is 4.52 Å². The molecular weight excluding hydrogens is 300 g/mol. The maximum atomic E-state index is 12.1. The van der Waals surface area contributed by atoms with Gasteiger partial charge in [0.05, 0.1) is 0 Å². The van der Waals surface area contributed by atoms with Crippen molar-refractivity contribution >= 4 is 23.5 Å². The molecule has 0 aromatic carbocycles. The number of hydrogen-bond acceptors (Lipinski definition) is 6. The monoisotopic (exact) mass is 312 g/mol. The number of amides is 1. The highest BCUT2D eigenvalue weighted by Gasteiger charge is 2.14. The second-order valence-corrected chi connectivity index (χ2v) is 5.24. The lowest BCUT2D eigenvalue weighted by molar-refractivity contribution is 0.0987. The van der Waals surface area contributed by atoms with Gasteiger partial charge in [0, 0.05) is 35.1 Å². The van der Waals surface area contributed by atoms with Crippen LogP contribution in [0.25, 0.3) is 11.3 Å². The third-order valence-corrected chi connectivity index (χ3v) is 3.62. The molecule has 1 N–H and O–H groups in total. The van der Waals surface area contributed by atoms with E-state index in [0.29, 0.717) is 11.5 Å². The van der Waals surface area contributed by atoms with Crippen molar-refractivity contribution in [1.29, 1.82) is 0 Å². The van der Waals surface area contributed by atoms with Gasteiger partial charge in [-0.15, -0.1) is 11.8 Å². The van der Waals surface area contributed by atoms with Crippen molar-refractivity contribution < 1.29 is 9.32 Å². The molecule has 1 amide bonds. The van der Waals surface area contributed by atoms with E-state index < -0.39 is 5.91 Å². The molecule has 0 saturated heterocycles. The molecule has 0 aliphatic heterocycles. The smallest absolute Gasteiger partial charge is 0.295 e. The van der Waals surface area contributed by atoms with Gasteiger partial charge in [-0.25, -0.2) is 4.98 Å². The molecule has 22 heavy (non-hydrogen) atoms. The normalized spacial score (nSPS) is 10.4. The van der Waals surface area contributed by atoms with Crippen molar-refractivity contribution in [3.63, 3.8) is 0 Å². The number of nitrogens with one attached hydrogen (secondary N) is 1. The summed E-state index contributed by atoms with van der Waals surface area (Å²) in [4.78, 5) is 21.3. The lowest BCUT2D eigenvalue weighted by Gasteiger charge is -2.02. The maximum absolute atomic E-state index is 12.1. The van der Waals surface area contributed by atoms with Crippen LogP contribution in [-0.4, -0.2) is 27.3 Å². The van der Waals surface area contributed by atoms with E-state index >= 15 is 0 Å². The molecule has 0 radical (unpaired) electrons. The van der Waals surface area contributed by atoms with Crippen molar-refractivity contribution in [3.05, 3.63) is 54.7 Å². The van der Waals surface area contributed by atoms with Crippen LogP contribution in [0.15, 0.2) is 58.3 Å².